The number of benzene rings is 2. The van der Waals surface area contributed by atoms with E-state index in [0.29, 0.717) is 22.7 Å². The number of sulfonamides is 1. The molecule has 1 atom stereocenters. The lowest BCUT2D eigenvalue weighted by atomic mass is 10.0. The van der Waals surface area contributed by atoms with Crippen molar-refractivity contribution >= 4 is 27.5 Å². The van der Waals surface area contributed by atoms with Gasteiger partial charge in [-0.25, -0.2) is 13.6 Å². The van der Waals surface area contributed by atoms with Gasteiger partial charge in [0, 0.05) is 17.1 Å². The average molecular weight is 422 g/mol. The Morgan fingerprint density at radius 2 is 1.89 bits per heavy atom. The maximum Gasteiger partial charge on any atom is 0.251 e. The Bertz CT molecular complexity index is 972. The van der Waals surface area contributed by atoms with Gasteiger partial charge in [0.25, 0.3) is 5.91 Å². The van der Waals surface area contributed by atoms with Gasteiger partial charge in [-0.1, -0.05) is 35.9 Å². The first-order valence-corrected chi connectivity index (χ1v) is 11.1. The first-order valence-electron chi connectivity index (χ1n) is 9.17. The number of nitrogens with two attached hydrogens (primary N) is 1. The molecule has 2 aromatic rings. The monoisotopic (exact) mass is 421 g/mol. The van der Waals surface area contributed by atoms with Crippen molar-refractivity contribution in [1.29, 1.82) is 0 Å². The number of halogens is 1. The van der Waals surface area contributed by atoms with Crippen LogP contribution in [0.15, 0.2) is 47.4 Å². The third-order valence-electron chi connectivity index (χ3n) is 5.08. The molecule has 8 heteroatoms. The van der Waals surface area contributed by atoms with E-state index in [1.165, 1.54) is 12.1 Å². The van der Waals surface area contributed by atoms with Crippen LogP contribution in [-0.2, 0) is 10.0 Å². The highest BCUT2D eigenvalue weighted by atomic mass is 35.5. The van der Waals surface area contributed by atoms with Crippen molar-refractivity contribution in [3.63, 3.8) is 0 Å². The van der Waals surface area contributed by atoms with Crippen molar-refractivity contribution in [3.05, 3.63) is 64.2 Å². The molecule has 28 heavy (non-hydrogen) atoms. The number of hydrogen-bond acceptors (Lipinski definition) is 4. The third-order valence-corrected chi connectivity index (χ3v) is 6.34. The van der Waals surface area contributed by atoms with Crippen molar-refractivity contribution in [2.24, 2.45) is 5.14 Å². The molecule has 0 radical (unpaired) electrons. The molecule has 150 valence electrons. The van der Waals surface area contributed by atoms with Crippen LogP contribution in [0.2, 0.25) is 5.02 Å². The predicted octanol–water partition coefficient (Wildman–Crippen LogP) is 2.86. The molecule has 0 bridgehead atoms. The summed E-state index contributed by atoms with van der Waals surface area (Å²) in [5.41, 5.74) is 1.95. The number of carbonyl (C=O) groups is 1. The number of nitrogens with one attached hydrogen (secondary N) is 1. The normalized spacial score (nSPS) is 16.1. The van der Waals surface area contributed by atoms with Crippen molar-refractivity contribution < 1.29 is 13.2 Å². The fraction of sp³-hybridized carbons (Fsp3) is 0.350. The molecular formula is C20H24ClN3O3S. The fourth-order valence-corrected chi connectivity index (χ4v) is 4.34. The molecule has 1 heterocycles. The van der Waals surface area contributed by atoms with Crippen molar-refractivity contribution in [2.75, 3.05) is 19.6 Å². The van der Waals surface area contributed by atoms with E-state index in [1.807, 2.05) is 24.3 Å². The van der Waals surface area contributed by atoms with E-state index in [2.05, 4.69) is 10.2 Å². The topological polar surface area (TPSA) is 92.5 Å². The maximum atomic E-state index is 12.8. The Balaban J connectivity index is 1.82. The van der Waals surface area contributed by atoms with E-state index in [4.69, 9.17) is 16.7 Å². The Hall–Kier alpha value is -1.93. The molecule has 0 spiro atoms. The van der Waals surface area contributed by atoms with Crippen LogP contribution < -0.4 is 10.5 Å². The lowest BCUT2D eigenvalue weighted by molar-refractivity contribution is 0.0937. The van der Waals surface area contributed by atoms with Crippen LogP contribution in [0.5, 0.6) is 0 Å². The van der Waals surface area contributed by atoms with Crippen LogP contribution in [0.25, 0.3) is 0 Å². The maximum absolute atomic E-state index is 12.8. The molecule has 6 nitrogen and oxygen atoms in total. The summed E-state index contributed by atoms with van der Waals surface area (Å²) in [6.45, 7) is 4.03. The molecular weight excluding hydrogens is 398 g/mol. The van der Waals surface area contributed by atoms with Gasteiger partial charge < -0.3 is 5.32 Å². The number of likely N-dealkylation sites (tertiary alicyclic amines) is 1. The quantitative estimate of drug-likeness (QED) is 0.750. The fourth-order valence-electron chi connectivity index (χ4n) is 3.54. The van der Waals surface area contributed by atoms with E-state index in [1.54, 1.807) is 13.0 Å². The molecule has 1 aliphatic rings. The summed E-state index contributed by atoms with van der Waals surface area (Å²) in [7, 11) is -3.87. The van der Waals surface area contributed by atoms with E-state index >= 15 is 0 Å². The van der Waals surface area contributed by atoms with Crippen molar-refractivity contribution in [2.45, 2.75) is 30.7 Å². The van der Waals surface area contributed by atoms with Crippen molar-refractivity contribution in [1.82, 2.24) is 10.2 Å². The van der Waals surface area contributed by atoms with E-state index < -0.39 is 10.0 Å². The largest absolute Gasteiger partial charge is 0.350 e. The highest BCUT2D eigenvalue weighted by Crippen LogP contribution is 2.29. The van der Waals surface area contributed by atoms with Crippen molar-refractivity contribution in [3.8, 4) is 0 Å². The molecule has 0 saturated carbocycles. The minimum absolute atomic E-state index is 0.0399. The van der Waals surface area contributed by atoms with Gasteiger partial charge >= 0.3 is 0 Å². The second-order valence-corrected chi connectivity index (χ2v) is 8.98. The summed E-state index contributed by atoms with van der Waals surface area (Å²) < 4.78 is 23.2. The molecule has 3 N–H and O–H groups in total. The number of hydrogen-bond donors (Lipinski definition) is 2. The molecule has 0 aliphatic carbocycles. The molecule has 1 fully saturated rings. The minimum Gasteiger partial charge on any atom is -0.350 e. The molecule has 0 aromatic heterocycles. The smallest absolute Gasteiger partial charge is 0.251 e. The van der Waals surface area contributed by atoms with Gasteiger partial charge in [-0.3, -0.25) is 9.69 Å². The average Bonchev–Trinajstić information content (AvgIpc) is 3.17. The predicted molar refractivity (Wildman–Crippen MR) is 110 cm³/mol. The lowest BCUT2D eigenvalue weighted by Crippen LogP contribution is -2.37. The van der Waals surface area contributed by atoms with Gasteiger partial charge in [-0.15, -0.1) is 0 Å². The van der Waals surface area contributed by atoms with Gasteiger partial charge in [0.2, 0.25) is 10.0 Å². The number of nitrogens with zero attached hydrogens (tertiary/aromatic N) is 1. The number of aryl methyl sites for hydroxylation is 1. The Kier molecular flexibility index (Phi) is 6.40. The van der Waals surface area contributed by atoms with Gasteiger partial charge in [-0.2, -0.15) is 0 Å². The zero-order valence-electron chi connectivity index (χ0n) is 15.7. The minimum atomic E-state index is -3.87. The molecule has 1 amide bonds. The lowest BCUT2D eigenvalue weighted by Gasteiger charge is -2.29. The first kappa shape index (κ1) is 20.8. The molecule has 2 aromatic carbocycles. The van der Waals surface area contributed by atoms with Gasteiger partial charge in [0.1, 0.15) is 0 Å². The summed E-state index contributed by atoms with van der Waals surface area (Å²) in [5, 5.41) is 8.81. The molecule has 1 saturated heterocycles. The second-order valence-electron chi connectivity index (χ2n) is 7.01. The summed E-state index contributed by atoms with van der Waals surface area (Å²) in [5.74, 6) is -0.334. The van der Waals surface area contributed by atoms with Gasteiger partial charge in [0.15, 0.2) is 0 Å². The SMILES string of the molecule is Cc1ccc(S(N)(=O)=O)cc1C(=O)NC[C@@H](c1ccccc1Cl)N1CCCC1. The summed E-state index contributed by atoms with van der Waals surface area (Å²) in [6, 6.07) is 11.9. The molecule has 0 unspecified atom stereocenters. The Morgan fingerprint density at radius 1 is 1.21 bits per heavy atom. The van der Waals surface area contributed by atoms with Crippen LogP contribution in [0.1, 0.15) is 40.4 Å². The summed E-state index contributed by atoms with van der Waals surface area (Å²) >= 11 is 6.41. The number of carbonyl (C=O) groups excluding carboxylic acids is 1. The van der Waals surface area contributed by atoms with E-state index in [9.17, 15) is 13.2 Å². The zero-order chi connectivity index (χ0) is 20.3. The van der Waals surface area contributed by atoms with Crippen LogP contribution in [0, 0.1) is 6.92 Å². The highest BCUT2D eigenvalue weighted by Gasteiger charge is 2.26. The number of rotatable bonds is 6. The van der Waals surface area contributed by atoms with E-state index in [-0.39, 0.29) is 16.8 Å². The zero-order valence-corrected chi connectivity index (χ0v) is 17.3. The van der Waals surface area contributed by atoms with Crippen LogP contribution in [0.4, 0.5) is 0 Å². The molecule has 1 aliphatic heterocycles. The Morgan fingerprint density at radius 3 is 2.54 bits per heavy atom. The van der Waals surface area contributed by atoms with Crippen LogP contribution in [-0.4, -0.2) is 38.9 Å². The van der Waals surface area contributed by atoms with Gasteiger partial charge in [0.05, 0.1) is 10.9 Å². The number of amides is 1. The van der Waals surface area contributed by atoms with Gasteiger partial charge in [-0.05, 0) is 62.2 Å². The Labute approximate surface area is 170 Å². The highest BCUT2D eigenvalue weighted by molar-refractivity contribution is 7.89. The summed E-state index contributed by atoms with van der Waals surface area (Å²) in [4.78, 5) is 15.0. The molecule has 3 rings (SSSR count). The summed E-state index contributed by atoms with van der Waals surface area (Å²) in [6.07, 6.45) is 2.23. The van der Waals surface area contributed by atoms with Crippen LogP contribution >= 0.6 is 11.6 Å². The van der Waals surface area contributed by atoms with Crippen LogP contribution in [0.3, 0.4) is 0 Å². The van der Waals surface area contributed by atoms with E-state index in [0.717, 1.165) is 31.5 Å². The third kappa shape index (κ3) is 4.72. The first-order chi connectivity index (χ1) is 13.3. The standard InChI is InChI=1S/C20H24ClN3O3S/c1-14-8-9-15(28(22,26)27)12-17(14)20(25)23-13-19(24-10-4-5-11-24)16-6-2-3-7-18(16)21/h2-3,6-9,12,19H,4-5,10-11,13H2,1H3,(H,23,25)(H2,22,26,27)/t19-/m0/s1. The second kappa shape index (κ2) is 8.61. The number of primary sulfonamides is 1.